The molecule has 0 amide bonds. The summed E-state index contributed by atoms with van der Waals surface area (Å²) >= 11 is 0. The summed E-state index contributed by atoms with van der Waals surface area (Å²) < 4.78 is 13.0. The molecule has 3 aliphatic carbocycles. The Kier molecular flexibility index (Phi) is 2.30. The van der Waals surface area contributed by atoms with Crippen molar-refractivity contribution >= 4 is 0 Å². The van der Waals surface area contributed by atoms with Crippen LogP contribution in [0.25, 0.3) is 0 Å². The van der Waals surface area contributed by atoms with Gasteiger partial charge in [0.2, 0.25) is 0 Å². The van der Waals surface area contributed by atoms with E-state index in [2.05, 4.69) is 5.43 Å². The molecule has 3 aliphatic rings. The first kappa shape index (κ1) is 10.9. The van der Waals surface area contributed by atoms with Gasteiger partial charge in [0.05, 0.1) is 0 Å². The first-order chi connectivity index (χ1) is 8.79. The molecule has 3 N–H and O–H groups in total. The van der Waals surface area contributed by atoms with Crippen molar-refractivity contribution in [2.45, 2.75) is 25.3 Å². The van der Waals surface area contributed by atoms with E-state index in [0.29, 0.717) is 5.92 Å². The molecule has 5 unspecified atom stereocenters. The van der Waals surface area contributed by atoms with Crippen molar-refractivity contribution in [3.05, 3.63) is 35.6 Å². The molecule has 0 aliphatic heterocycles. The van der Waals surface area contributed by atoms with Gasteiger partial charge < -0.3 is 0 Å². The lowest BCUT2D eigenvalue weighted by atomic mass is 9.93. The fraction of sp³-hybridized carbons (Fsp3) is 0.600. The second-order valence-corrected chi connectivity index (χ2v) is 6.26. The average molecular weight is 246 g/mol. The van der Waals surface area contributed by atoms with Crippen molar-refractivity contribution < 1.29 is 4.39 Å². The zero-order valence-electron chi connectivity index (χ0n) is 10.4. The summed E-state index contributed by atoms with van der Waals surface area (Å²) in [5.74, 6) is 9.93. The standard InChI is InChI=1S/C15H19FN2/c16-11-5-3-8(4-6-11)15(18-17)14-12-9-1-2-10(7-9)13(12)14/h3-6,9-10,12-15,18H,1-2,7,17H2. The molecule has 1 aromatic rings. The summed E-state index contributed by atoms with van der Waals surface area (Å²) in [6.07, 6.45) is 4.29. The molecule has 18 heavy (non-hydrogen) atoms. The highest BCUT2D eigenvalue weighted by Gasteiger charge is 2.66. The highest BCUT2D eigenvalue weighted by atomic mass is 19.1. The van der Waals surface area contributed by atoms with Crippen LogP contribution in [0.5, 0.6) is 0 Å². The van der Waals surface area contributed by atoms with E-state index in [-0.39, 0.29) is 11.9 Å². The van der Waals surface area contributed by atoms with Crippen LogP contribution >= 0.6 is 0 Å². The van der Waals surface area contributed by atoms with Crippen molar-refractivity contribution in [3.63, 3.8) is 0 Å². The third kappa shape index (κ3) is 1.41. The van der Waals surface area contributed by atoms with E-state index in [4.69, 9.17) is 5.84 Å². The zero-order chi connectivity index (χ0) is 12.3. The van der Waals surface area contributed by atoms with E-state index in [1.54, 1.807) is 0 Å². The normalized spacial score (nSPS) is 41.8. The molecule has 96 valence electrons. The van der Waals surface area contributed by atoms with E-state index in [1.165, 1.54) is 31.4 Å². The fourth-order valence-corrected chi connectivity index (χ4v) is 4.94. The van der Waals surface area contributed by atoms with Gasteiger partial charge in [0.15, 0.2) is 0 Å². The number of fused-ring (bicyclic) bond motifs is 5. The second kappa shape index (κ2) is 3.78. The number of benzene rings is 1. The minimum Gasteiger partial charge on any atom is -0.271 e. The minimum atomic E-state index is -0.175. The van der Waals surface area contributed by atoms with Crippen LogP contribution in [0.15, 0.2) is 24.3 Å². The first-order valence-corrected chi connectivity index (χ1v) is 7.01. The number of nitrogens with two attached hydrogens (primary N) is 1. The summed E-state index contributed by atoms with van der Waals surface area (Å²) in [7, 11) is 0. The lowest BCUT2D eigenvalue weighted by Crippen LogP contribution is -2.31. The summed E-state index contributed by atoms with van der Waals surface area (Å²) in [5.41, 5.74) is 4.11. The monoisotopic (exact) mass is 246 g/mol. The Morgan fingerprint density at radius 1 is 1.11 bits per heavy atom. The van der Waals surface area contributed by atoms with Crippen LogP contribution in [-0.2, 0) is 0 Å². The SMILES string of the molecule is NNC(c1ccc(F)cc1)C1C2C3CCC(C3)C21. The topological polar surface area (TPSA) is 38.0 Å². The summed E-state index contributed by atoms with van der Waals surface area (Å²) in [5, 5.41) is 0. The lowest BCUT2D eigenvalue weighted by molar-refractivity contribution is 0.374. The summed E-state index contributed by atoms with van der Waals surface area (Å²) in [6, 6.07) is 7.02. The van der Waals surface area contributed by atoms with Gasteiger partial charge in [0.25, 0.3) is 0 Å². The number of rotatable bonds is 3. The van der Waals surface area contributed by atoms with Crippen molar-refractivity contribution in [2.75, 3.05) is 0 Å². The Morgan fingerprint density at radius 3 is 2.28 bits per heavy atom. The molecular weight excluding hydrogens is 227 g/mol. The Hall–Kier alpha value is -0.930. The van der Waals surface area contributed by atoms with Crippen LogP contribution in [0, 0.1) is 35.4 Å². The maximum Gasteiger partial charge on any atom is 0.123 e. The van der Waals surface area contributed by atoms with Crippen LogP contribution in [-0.4, -0.2) is 0 Å². The smallest absolute Gasteiger partial charge is 0.123 e. The molecule has 5 atom stereocenters. The van der Waals surface area contributed by atoms with Crippen LogP contribution in [0.4, 0.5) is 4.39 Å². The number of hydrogen-bond donors (Lipinski definition) is 2. The maximum atomic E-state index is 13.0. The quantitative estimate of drug-likeness (QED) is 0.635. The highest BCUT2D eigenvalue weighted by Crippen LogP contribution is 2.72. The number of halogens is 1. The van der Waals surface area contributed by atoms with Gasteiger partial charge in [-0.25, -0.2) is 4.39 Å². The van der Waals surface area contributed by atoms with E-state index in [9.17, 15) is 4.39 Å². The minimum absolute atomic E-state index is 0.175. The molecule has 0 aromatic heterocycles. The summed E-state index contributed by atoms with van der Waals surface area (Å²) in [4.78, 5) is 0. The van der Waals surface area contributed by atoms with Gasteiger partial charge in [-0.15, -0.1) is 0 Å². The number of hydrazine groups is 1. The Morgan fingerprint density at radius 2 is 1.72 bits per heavy atom. The molecule has 0 radical (unpaired) electrons. The average Bonchev–Trinajstić information content (AvgIpc) is 2.81. The van der Waals surface area contributed by atoms with Crippen LogP contribution in [0.3, 0.4) is 0 Å². The van der Waals surface area contributed by atoms with E-state index < -0.39 is 0 Å². The first-order valence-electron chi connectivity index (χ1n) is 7.01. The third-order valence-corrected chi connectivity index (χ3v) is 5.59. The van der Waals surface area contributed by atoms with Crippen LogP contribution in [0.2, 0.25) is 0 Å². The largest absolute Gasteiger partial charge is 0.271 e. The van der Waals surface area contributed by atoms with Gasteiger partial charge >= 0.3 is 0 Å². The Labute approximate surface area is 107 Å². The lowest BCUT2D eigenvalue weighted by Gasteiger charge is -2.20. The highest BCUT2D eigenvalue weighted by molar-refractivity contribution is 5.26. The van der Waals surface area contributed by atoms with E-state index in [1.807, 2.05) is 12.1 Å². The predicted octanol–water partition coefficient (Wildman–Crippen LogP) is 2.62. The van der Waals surface area contributed by atoms with Crippen LogP contribution in [0.1, 0.15) is 30.9 Å². The zero-order valence-corrected chi connectivity index (χ0v) is 10.4. The van der Waals surface area contributed by atoms with Crippen molar-refractivity contribution in [3.8, 4) is 0 Å². The second-order valence-electron chi connectivity index (χ2n) is 6.26. The number of hydrogen-bond acceptors (Lipinski definition) is 2. The molecule has 3 saturated carbocycles. The van der Waals surface area contributed by atoms with Crippen molar-refractivity contribution in [1.82, 2.24) is 5.43 Å². The Balaban J connectivity index is 1.58. The van der Waals surface area contributed by atoms with Gasteiger partial charge in [-0.2, -0.15) is 0 Å². The predicted molar refractivity (Wildman–Crippen MR) is 67.8 cm³/mol. The van der Waals surface area contributed by atoms with Crippen LogP contribution < -0.4 is 11.3 Å². The van der Waals surface area contributed by atoms with Gasteiger partial charge in [-0.1, -0.05) is 12.1 Å². The fourth-order valence-electron chi connectivity index (χ4n) is 4.94. The number of nitrogens with one attached hydrogen (secondary N) is 1. The molecule has 0 spiro atoms. The third-order valence-electron chi connectivity index (χ3n) is 5.59. The molecule has 3 fully saturated rings. The van der Waals surface area contributed by atoms with Gasteiger partial charge in [0, 0.05) is 6.04 Å². The molecule has 0 heterocycles. The molecule has 3 heteroatoms. The van der Waals surface area contributed by atoms with E-state index in [0.717, 1.165) is 29.2 Å². The molecule has 2 bridgehead atoms. The molecule has 1 aromatic carbocycles. The maximum absolute atomic E-state index is 13.0. The van der Waals surface area contributed by atoms with Crippen molar-refractivity contribution in [2.24, 2.45) is 35.4 Å². The van der Waals surface area contributed by atoms with Gasteiger partial charge in [-0.3, -0.25) is 11.3 Å². The van der Waals surface area contributed by atoms with Gasteiger partial charge in [-0.05, 0) is 66.5 Å². The molecule has 4 rings (SSSR count). The summed E-state index contributed by atoms with van der Waals surface area (Å²) in [6.45, 7) is 0. The van der Waals surface area contributed by atoms with Crippen molar-refractivity contribution in [1.29, 1.82) is 0 Å². The van der Waals surface area contributed by atoms with E-state index >= 15 is 0 Å². The molecular formula is C15H19FN2. The van der Waals surface area contributed by atoms with Gasteiger partial charge in [0.1, 0.15) is 5.82 Å². The Bertz CT molecular complexity index is 442. The molecule has 2 nitrogen and oxygen atoms in total. The molecule has 0 saturated heterocycles.